The van der Waals surface area contributed by atoms with E-state index in [2.05, 4.69) is 38.1 Å². The molecule has 0 saturated heterocycles. The van der Waals surface area contributed by atoms with E-state index in [0.717, 1.165) is 5.75 Å². The molecular weight excluding hydrogens is 368 g/mol. The molecule has 0 bridgehead atoms. The standard InChI is InChI=1S/C23H34O2SSi/c1-4-7-17-27(18-8-5-2,19-26-22-13-9-20(24)10-14-22)23-15-11-21(12-16-23)25-6-3/h9-16,24H,4-8,17-19H2,1-3H3. The second kappa shape index (κ2) is 11.5. The first-order chi connectivity index (χ1) is 13.1. The lowest BCUT2D eigenvalue weighted by Gasteiger charge is -2.32. The molecule has 0 heterocycles. The molecule has 0 unspecified atom stereocenters. The highest BCUT2D eigenvalue weighted by Gasteiger charge is 2.34. The maximum absolute atomic E-state index is 9.55. The molecule has 2 rings (SSSR count). The van der Waals surface area contributed by atoms with Crippen LogP contribution in [0.2, 0.25) is 12.1 Å². The summed E-state index contributed by atoms with van der Waals surface area (Å²) in [4.78, 5) is 1.25. The molecule has 0 aliphatic rings. The molecule has 27 heavy (non-hydrogen) atoms. The van der Waals surface area contributed by atoms with Gasteiger partial charge in [-0.05, 0) is 48.7 Å². The molecule has 2 aromatic rings. The van der Waals surface area contributed by atoms with Crippen LogP contribution in [-0.4, -0.2) is 25.2 Å². The molecule has 1 N–H and O–H groups in total. The van der Waals surface area contributed by atoms with Gasteiger partial charge >= 0.3 is 0 Å². The average molecular weight is 403 g/mol. The minimum absolute atomic E-state index is 0.339. The summed E-state index contributed by atoms with van der Waals surface area (Å²) in [6.45, 7) is 7.34. The second-order valence-corrected chi connectivity index (χ2v) is 13.3. The van der Waals surface area contributed by atoms with Crippen LogP contribution in [0.25, 0.3) is 0 Å². The summed E-state index contributed by atoms with van der Waals surface area (Å²) in [6.07, 6.45) is 5.11. The first-order valence-corrected chi connectivity index (χ1v) is 13.9. The predicted octanol–water partition coefficient (Wildman–Crippen LogP) is 6.38. The van der Waals surface area contributed by atoms with Gasteiger partial charge in [-0.2, -0.15) is 0 Å². The normalized spacial score (nSPS) is 11.5. The van der Waals surface area contributed by atoms with Crippen LogP contribution in [0.1, 0.15) is 46.5 Å². The Bertz CT molecular complexity index is 647. The summed E-state index contributed by atoms with van der Waals surface area (Å²) >= 11 is 1.97. The highest BCUT2D eigenvalue weighted by atomic mass is 32.2. The van der Waals surface area contributed by atoms with Gasteiger partial charge in [0.2, 0.25) is 0 Å². The Kier molecular flexibility index (Phi) is 9.29. The van der Waals surface area contributed by atoms with Crippen molar-refractivity contribution in [1.29, 1.82) is 0 Å². The van der Waals surface area contributed by atoms with Crippen LogP contribution in [-0.2, 0) is 0 Å². The lowest BCUT2D eigenvalue weighted by Crippen LogP contribution is -2.50. The molecule has 0 spiro atoms. The smallest absolute Gasteiger partial charge is 0.119 e. The lowest BCUT2D eigenvalue weighted by atomic mass is 10.3. The molecule has 0 saturated carbocycles. The highest BCUT2D eigenvalue weighted by molar-refractivity contribution is 8.01. The third-order valence-corrected chi connectivity index (χ3v) is 12.7. The van der Waals surface area contributed by atoms with E-state index in [1.807, 2.05) is 30.8 Å². The van der Waals surface area contributed by atoms with Crippen LogP contribution < -0.4 is 9.92 Å². The van der Waals surface area contributed by atoms with Crippen LogP contribution in [0.15, 0.2) is 53.4 Å². The summed E-state index contributed by atoms with van der Waals surface area (Å²) in [5.41, 5.74) is 0. The van der Waals surface area contributed by atoms with Gasteiger partial charge in [0, 0.05) is 4.90 Å². The maximum atomic E-state index is 9.55. The molecule has 0 amide bonds. The zero-order valence-corrected chi connectivity index (χ0v) is 18.9. The number of benzene rings is 2. The predicted molar refractivity (Wildman–Crippen MR) is 121 cm³/mol. The number of aromatic hydroxyl groups is 1. The van der Waals surface area contributed by atoms with Gasteiger partial charge in [0.05, 0.1) is 14.7 Å². The zero-order valence-electron chi connectivity index (χ0n) is 17.0. The Morgan fingerprint density at radius 3 is 1.96 bits per heavy atom. The van der Waals surface area contributed by atoms with Gasteiger partial charge in [-0.25, -0.2) is 0 Å². The Morgan fingerprint density at radius 1 is 0.852 bits per heavy atom. The van der Waals surface area contributed by atoms with Crippen LogP contribution >= 0.6 is 11.8 Å². The van der Waals surface area contributed by atoms with Crippen LogP contribution in [0.5, 0.6) is 11.5 Å². The van der Waals surface area contributed by atoms with E-state index >= 15 is 0 Å². The van der Waals surface area contributed by atoms with Gasteiger partial charge in [0.1, 0.15) is 11.5 Å². The summed E-state index contributed by atoms with van der Waals surface area (Å²) in [5, 5.41) is 12.3. The number of phenols is 1. The number of hydrogen-bond donors (Lipinski definition) is 1. The van der Waals surface area contributed by atoms with E-state index in [9.17, 15) is 5.11 Å². The van der Waals surface area contributed by atoms with Gasteiger partial charge in [-0.1, -0.05) is 68.9 Å². The van der Waals surface area contributed by atoms with E-state index in [0.29, 0.717) is 12.4 Å². The van der Waals surface area contributed by atoms with E-state index < -0.39 is 8.07 Å². The fourth-order valence-corrected chi connectivity index (χ4v) is 11.2. The first-order valence-electron chi connectivity index (χ1n) is 10.3. The Balaban J connectivity index is 2.27. The van der Waals surface area contributed by atoms with Gasteiger partial charge in [0.15, 0.2) is 0 Å². The Morgan fingerprint density at radius 2 is 1.44 bits per heavy atom. The molecule has 0 aromatic heterocycles. The Hall–Kier alpha value is -1.39. The molecule has 2 aromatic carbocycles. The lowest BCUT2D eigenvalue weighted by molar-refractivity contribution is 0.340. The van der Waals surface area contributed by atoms with Gasteiger partial charge < -0.3 is 9.84 Å². The molecular formula is C23H34O2SSi. The third-order valence-electron chi connectivity index (χ3n) is 5.15. The van der Waals surface area contributed by atoms with Gasteiger partial charge in [-0.15, -0.1) is 11.8 Å². The number of rotatable bonds is 12. The SMILES string of the molecule is CCCC[Si](CCCC)(CSc1ccc(O)cc1)c1ccc(OCC)cc1. The summed E-state index contributed by atoms with van der Waals surface area (Å²) in [7, 11) is -1.61. The quantitative estimate of drug-likeness (QED) is 0.330. The number of ether oxygens (including phenoxy) is 1. The van der Waals surface area contributed by atoms with E-state index in [-0.39, 0.29) is 0 Å². The molecule has 0 aliphatic carbocycles. The fraction of sp³-hybridized carbons (Fsp3) is 0.478. The van der Waals surface area contributed by atoms with Crippen molar-refractivity contribution >= 4 is 25.0 Å². The average Bonchev–Trinajstić information content (AvgIpc) is 2.70. The summed E-state index contributed by atoms with van der Waals surface area (Å²) in [6, 6.07) is 19.3. The first kappa shape index (κ1) is 21.9. The van der Waals surface area contributed by atoms with Crippen LogP contribution in [0.4, 0.5) is 0 Å². The van der Waals surface area contributed by atoms with Crippen molar-refractivity contribution in [2.24, 2.45) is 0 Å². The van der Waals surface area contributed by atoms with Crippen molar-refractivity contribution in [3.63, 3.8) is 0 Å². The van der Waals surface area contributed by atoms with Gasteiger partial charge in [-0.3, -0.25) is 0 Å². The largest absolute Gasteiger partial charge is 0.508 e. The minimum atomic E-state index is -1.61. The number of thioether (sulfide) groups is 1. The zero-order chi connectivity index (χ0) is 19.5. The third kappa shape index (κ3) is 6.61. The fourth-order valence-electron chi connectivity index (χ4n) is 3.51. The van der Waals surface area contributed by atoms with Gasteiger partial charge in [0.25, 0.3) is 0 Å². The molecule has 148 valence electrons. The van der Waals surface area contributed by atoms with E-state index in [1.54, 1.807) is 17.3 Å². The number of hydrogen-bond acceptors (Lipinski definition) is 3. The highest BCUT2D eigenvalue weighted by Crippen LogP contribution is 2.31. The van der Waals surface area contributed by atoms with Crippen molar-refractivity contribution in [2.45, 2.75) is 63.4 Å². The molecule has 0 fully saturated rings. The topological polar surface area (TPSA) is 29.5 Å². The molecule has 0 atom stereocenters. The number of unbranched alkanes of at least 4 members (excludes halogenated alkanes) is 2. The Labute approximate surface area is 170 Å². The second-order valence-electron chi connectivity index (χ2n) is 7.23. The van der Waals surface area contributed by atoms with Crippen molar-refractivity contribution in [2.75, 3.05) is 12.0 Å². The van der Waals surface area contributed by atoms with Crippen molar-refractivity contribution in [3.05, 3.63) is 48.5 Å². The summed E-state index contributed by atoms with van der Waals surface area (Å²) < 4.78 is 5.66. The minimum Gasteiger partial charge on any atom is -0.508 e. The maximum Gasteiger partial charge on any atom is 0.119 e. The number of phenolic OH excluding ortho intramolecular Hbond substituents is 1. The summed E-state index contributed by atoms with van der Waals surface area (Å²) in [5.74, 6) is 1.31. The van der Waals surface area contributed by atoms with Crippen molar-refractivity contribution < 1.29 is 9.84 Å². The van der Waals surface area contributed by atoms with Crippen LogP contribution in [0.3, 0.4) is 0 Å². The molecule has 4 heteroatoms. The molecule has 0 radical (unpaired) electrons. The van der Waals surface area contributed by atoms with E-state index in [4.69, 9.17) is 4.74 Å². The van der Waals surface area contributed by atoms with Crippen molar-refractivity contribution in [1.82, 2.24) is 0 Å². The monoisotopic (exact) mass is 402 g/mol. The van der Waals surface area contributed by atoms with Crippen molar-refractivity contribution in [3.8, 4) is 11.5 Å². The molecule has 0 aliphatic heterocycles. The van der Waals surface area contributed by atoms with Crippen LogP contribution in [0, 0.1) is 0 Å². The van der Waals surface area contributed by atoms with E-state index in [1.165, 1.54) is 48.0 Å². The molecule has 2 nitrogen and oxygen atoms in total.